The van der Waals surface area contributed by atoms with Crippen LogP contribution in [0.15, 0.2) is 77.8 Å². The van der Waals surface area contributed by atoms with Gasteiger partial charge in [-0.25, -0.2) is 9.10 Å². The molecule has 2 heterocycles. The van der Waals surface area contributed by atoms with Gasteiger partial charge in [0.25, 0.3) is 5.91 Å². The van der Waals surface area contributed by atoms with Gasteiger partial charge in [-0.15, -0.1) is 0 Å². The molecule has 9 nitrogen and oxygen atoms in total. The summed E-state index contributed by atoms with van der Waals surface area (Å²) in [6.07, 6.45) is 2.61. The van der Waals surface area contributed by atoms with Crippen LogP contribution >= 0.6 is 0 Å². The van der Waals surface area contributed by atoms with E-state index in [0.717, 1.165) is 11.1 Å². The highest BCUT2D eigenvalue weighted by atomic mass is 32.2. The number of aryl methyl sites for hydroxylation is 1. The Hall–Kier alpha value is -2.99. The number of benzene rings is 2. The van der Waals surface area contributed by atoms with E-state index in [1.54, 1.807) is 41.6 Å². The molecule has 0 saturated carbocycles. The molecule has 1 saturated heterocycles. The van der Waals surface area contributed by atoms with E-state index in [0.29, 0.717) is 30.0 Å². The van der Waals surface area contributed by atoms with Gasteiger partial charge >= 0.3 is 0 Å². The zero-order chi connectivity index (χ0) is 23.9. The first-order valence-electron chi connectivity index (χ1n) is 11.1. The van der Waals surface area contributed by atoms with Crippen molar-refractivity contribution in [3.8, 4) is 11.1 Å². The molecule has 1 aliphatic heterocycles. The average molecular weight is 500 g/mol. The van der Waals surface area contributed by atoms with Gasteiger partial charge in [-0.2, -0.15) is 9.35 Å². The first kappa shape index (κ1) is 26.6. The molecular weight excluding hydrogens is 470 g/mol. The van der Waals surface area contributed by atoms with Crippen molar-refractivity contribution in [3.63, 3.8) is 0 Å². The highest BCUT2D eigenvalue weighted by Gasteiger charge is 2.32. The number of hydrogen-bond acceptors (Lipinski definition) is 7. The van der Waals surface area contributed by atoms with E-state index in [2.05, 4.69) is 27.3 Å². The van der Waals surface area contributed by atoms with Crippen LogP contribution in [-0.2, 0) is 20.3 Å². The lowest BCUT2D eigenvalue weighted by molar-refractivity contribution is -0.267. The van der Waals surface area contributed by atoms with E-state index in [-0.39, 0.29) is 30.1 Å². The lowest BCUT2D eigenvalue weighted by atomic mass is 9.99. The van der Waals surface area contributed by atoms with Crippen molar-refractivity contribution in [2.75, 3.05) is 13.2 Å². The van der Waals surface area contributed by atoms with E-state index < -0.39 is 11.1 Å². The molecule has 0 aliphatic carbocycles. The highest BCUT2D eigenvalue weighted by molar-refractivity contribution is 7.80. The number of pyridine rings is 1. The summed E-state index contributed by atoms with van der Waals surface area (Å²) in [5, 5.41) is 13.6. The Kier molecular flexibility index (Phi) is 9.61. The van der Waals surface area contributed by atoms with E-state index in [9.17, 15) is 9.00 Å². The van der Waals surface area contributed by atoms with Crippen molar-refractivity contribution in [1.82, 2.24) is 15.4 Å². The van der Waals surface area contributed by atoms with Crippen LogP contribution in [0.5, 0.6) is 0 Å². The smallest absolute Gasteiger partial charge is 0.270 e. The van der Waals surface area contributed by atoms with Crippen LogP contribution in [0.1, 0.15) is 28.9 Å². The Balaban J connectivity index is 0.00000342. The first-order valence-corrected chi connectivity index (χ1v) is 12.1. The molecule has 0 bridgehead atoms. The molecule has 10 heteroatoms. The van der Waals surface area contributed by atoms with Crippen LogP contribution in [0, 0.1) is 6.92 Å². The molecule has 1 amide bonds. The van der Waals surface area contributed by atoms with Crippen LogP contribution in [0.3, 0.4) is 0 Å². The molecule has 3 unspecified atom stereocenters. The molecule has 2 aromatic carbocycles. The summed E-state index contributed by atoms with van der Waals surface area (Å²) in [7, 11) is 0. The largest absolute Gasteiger partial charge is 0.412 e. The molecule has 4 rings (SSSR count). The number of nitrogens with one attached hydrogen (secondary N) is 1. The number of nitrogens with zero attached hydrogens (tertiary/aromatic N) is 2. The molecule has 1 fully saturated rings. The number of hydroxylamine groups is 2. The van der Waals surface area contributed by atoms with Crippen LogP contribution in [-0.4, -0.2) is 56.1 Å². The molecule has 1 aliphatic rings. The third kappa shape index (κ3) is 7.01. The first-order chi connectivity index (χ1) is 16.5. The average Bonchev–Trinajstić information content (AvgIpc) is 2.87. The van der Waals surface area contributed by atoms with Crippen molar-refractivity contribution in [2.24, 2.45) is 0 Å². The van der Waals surface area contributed by atoms with Gasteiger partial charge in [0.15, 0.2) is 0 Å². The van der Waals surface area contributed by atoms with Crippen LogP contribution in [0.25, 0.3) is 11.1 Å². The van der Waals surface area contributed by atoms with Crippen LogP contribution in [0.4, 0.5) is 0 Å². The predicted octanol–water partition coefficient (Wildman–Crippen LogP) is 2.94. The summed E-state index contributed by atoms with van der Waals surface area (Å²) in [5.74, 6) is -0.263. The molecule has 35 heavy (non-hydrogen) atoms. The van der Waals surface area contributed by atoms with Crippen LogP contribution in [0.2, 0.25) is 0 Å². The predicted molar refractivity (Wildman–Crippen MR) is 132 cm³/mol. The molecular formula is C25H29N3O6S. The number of piperidine rings is 1. The number of hydrogen-bond donors (Lipinski definition) is 2. The summed E-state index contributed by atoms with van der Waals surface area (Å²) in [6.45, 7) is 2.41. The Morgan fingerprint density at radius 1 is 1.11 bits per heavy atom. The van der Waals surface area contributed by atoms with E-state index >= 15 is 0 Å². The molecule has 4 N–H and O–H groups in total. The topological polar surface area (TPSA) is 132 Å². The van der Waals surface area contributed by atoms with Crippen molar-refractivity contribution in [3.05, 3.63) is 84.2 Å². The Morgan fingerprint density at radius 2 is 1.80 bits per heavy atom. The fourth-order valence-electron chi connectivity index (χ4n) is 3.89. The summed E-state index contributed by atoms with van der Waals surface area (Å²) in [5.41, 5.74) is 3.64. The zero-order valence-corrected chi connectivity index (χ0v) is 20.1. The number of rotatable bonds is 8. The lowest BCUT2D eigenvalue weighted by Gasteiger charge is -2.37. The highest BCUT2D eigenvalue weighted by Crippen LogP contribution is 2.24. The monoisotopic (exact) mass is 499 g/mol. The van der Waals surface area contributed by atoms with E-state index in [1.165, 1.54) is 5.56 Å². The molecule has 0 radical (unpaired) electrons. The third-order valence-electron chi connectivity index (χ3n) is 5.76. The maximum atomic E-state index is 12.9. The molecule has 3 atom stereocenters. The minimum absolute atomic E-state index is 0. The zero-order valence-electron chi connectivity index (χ0n) is 19.3. The number of aromatic nitrogens is 1. The maximum Gasteiger partial charge on any atom is 0.270 e. The van der Waals surface area contributed by atoms with Gasteiger partial charge in [-0.1, -0.05) is 48.0 Å². The van der Waals surface area contributed by atoms with Crippen LogP contribution < -0.4 is 5.32 Å². The Bertz CT molecular complexity index is 1110. The molecule has 1 aromatic heterocycles. The molecule has 3 aromatic rings. The summed E-state index contributed by atoms with van der Waals surface area (Å²) in [4.78, 5) is 21.4. The van der Waals surface area contributed by atoms with Crippen molar-refractivity contribution in [2.45, 2.75) is 36.7 Å². The fourth-order valence-corrected chi connectivity index (χ4v) is 4.70. The van der Waals surface area contributed by atoms with Crippen molar-refractivity contribution in [1.29, 1.82) is 0 Å². The van der Waals surface area contributed by atoms with Crippen molar-refractivity contribution < 1.29 is 28.9 Å². The van der Waals surface area contributed by atoms with E-state index in [4.69, 9.17) is 9.54 Å². The van der Waals surface area contributed by atoms with Gasteiger partial charge in [0, 0.05) is 18.8 Å². The number of carbonyl (C=O) groups excluding carboxylic acids is 1. The normalized spacial score (nSPS) is 18.9. The Labute approximate surface area is 206 Å². The molecule has 0 spiro atoms. The maximum absolute atomic E-state index is 12.9. The van der Waals surface area contributed by atoms with Gasteiger partial charge in [-0.3, -0.25) is 15.0 Å². The summed E-state index contributed by atoms with van der Waals surface area (Å²) < 4.78 is 18.6. The Morgan fingerprint density at radius 3 is 2.43 bits per heavy atom. The van der Waals surface area contributed by atoms with Crippen molar-refractivity contribution >= 4 is 17.0 Å². The lowest BCUT2D eigenvalue weighted by Crippen LogP contribution is -2.51. The second-order valence-electron chi connectivity index (χ2n) is 8.20. The third-order valence-corrected chi connectivity index (χ3v) is 6.74. The number of amides is 1. The minimum Gasteiger partial charge on any atom is -0.412 e. The van der Waals surface area contributed by atoms with Gasteiger partial charge in [0.05, 0.1) is 17.5 Å². The minimum atomic E-state index is -1.73. The second-order valence-corrected chi connectivity index (χ2v) is 9.29. The van der Waals surface area contributed by atoms with Gasteiger partial charge in [0.2, 0.25) is 11.1 Å². The SMILES string of the molecule is Cc1ccc(-c2ccc(S(=O)ON3CCC(NC(=O)c4ccccn4)CC3COO)cc2)cc1.O. The second kappa shape index (κ2) is 12.6. The van der Waals surface area contributed by atoms with Gasteiger partial charge in [-0.05, 0) is 55.2 Å². The standard InChI is InChI=1S/C25H27N3O5S.H2O/c1-18-5-7-19(8-6-18)20-9-11-23(12-10-20)34(31)33-28-15-13-21(16-22(28)17-32-30)27-25(29)24-4-2-3-14-26-24;/h2-12,14,21-22,30H,13,15-17H2,1H3,(H,27,29);1H2. The quantitative estimate of drug-likeness (QED) is 0.360. The number of carbonyl (C=O) groups is 1. The van der Waals surface area contributed by atoms with Gasteiger partial charge in [0.1, 0.15) is 5.69 Å². The summed E-state index contributed by atoms with van der Waals surface area (Å²) in [6, 6.07) is 20.2. The molecule has 186 valence electrons. The van der Waals surface area contributed by atoms with Gasteiger partial charge < -0.3 is 10.8 Å². The van der Waals surface area contributed by atoms with E-state index in [1.807, 2.05) is 31.2 Å². The fraction of sp³-hybridized carbons (Fsp3) is 0.280. The summed E-state index contributed by atoms with van der Waals surface area (Å²) >= 11 is -1.73.